The van der Waals surface area contributed by atoms with E-state index in [2.05, 4.69) is 68.5 Å². The molecule has 1 N–H and O–H groups in total. The number of unbranched alkanes of at least 4 members (excludes halogenated alkanes) is 23. The van der Waals surface area contributed by atoms with E-state index in [1.54, 1.807) is 0 Å². The van der Waals surface area contributed by atoms with Crippen molar-refractivity contribution in [1.29, 1.82) is 0 Å². The molecule has 1 atom stereocenters. The van der Waals surface area contributed by atoms with Crippen LogP contribution in [-0.2, 0) is 14.3 Å². The molecule has 4 heteroatoms. The van der Waals surface area contributed by atoms with E-state index in [0.29, 0.717) is 19.3 Å². The summed E-state index contributed by atoms with van der Waals surface area (Å²) in [6.45, 7) is 4.44. The predicted molar refractivity (Wildman–Crippen MR) is 227 cm³/mol. The van der Waals surface area contributed by atoms with Crippen molar-refractivity contribution in [3.05, 3.63) is 60.8 Å². The van der Waals surface area contributed by atoms with Crippen molar-refractivity contribution in [2.75, 3.05) is 0 Å². The van der Waals surface area contributed by atoms with Gasteiger partial charge in [-0.25, -0.2) is 0 Å². The van der Waals surface area contributed by atoms with Gasteiger partial charge in [0.05, 0.1) is 0 Å². The molecule has 0 bridgehead atoms. The fourth-order valence-corrected chi connectivity index (χ4v) is 6.48. The second-order valence-electron chi connectivity index (χ2n) is 14.9. The molecule has 52 heavy (non-hydrogen) atoms. The average Bonchev–Trinajstić information content (AvgIpc) is 3.13. The maximum Gasteiger partial charge on any atom is 0.306 e. The monoisotopic (exact) mass is 725 g/mol. The Morgan fingerprint density at radius 2 is 0.788 bits per heavy atom. The van der Waals surface area contributed by atoms with E-state index in [1.165, 1.54) is 135 Å². The first kappa shape index (κ1) is 49.6. The van der Waals surface area contributed by atoms with Gasteiger partial charge in [-0.15, -0.1) is 0 Å². The molecule has 0 saturated carbocycles. The minimum Gasteiger partial charge on any atom is -0.481 e. The van der Waals surface area contributed by atoms with E-state index >= 15 is 0 Å². The van der Waals surface area contributed by atoms with Crippen LogP contribution in [0.1, 0.15) is 226 Å². The summed E-state index contributed by atoms with van der Waals surface area (Å²) in [4.78, 5) is 23.5. The van der Waals surface area contributed by atoms with Crippen LogP contribution in [0.5, 0.6) is 0 Å². The molecule has 0 aromatic heterocycles. The third-order valence-corrected chi connectivity index (χ3v) is 9.74. The smallest absolute Gasteiger partial charge is 0.306 e. The van der Waals surface area contributed by atoms with Crippen molar-refractivity contribution in [3.63, 3.8) is 0 Å². The van der Waals surface area contributed by atoms with Gasteiger partial charge in [-0.2, -0.15) is 0 Å². The molecule has 0 radical (unpaired) electrons. The Bertz CT molecular complexity index is 911. The lowest BCUT2D eigenvalue weighted by Crippen LogP contribution is -2.16. The lowest BCUT2D eigenvalue weighted by Gasteiger charge is -2.14. The average molecular weight is 725 g/mol. The number of carbonyl (C=O) groups excluding carboxylic acids is 1. The molecule has 0 aromatic carbocycles. The van der Waals surface area contributed by atoms with Gasteiger partial charge in [0, 0.05) is 12.8 Å². The quantitative estimate of drug-likeness (QED) is 0.0388. The number of rotatable bonds is 40. The predicted octanol–water partition coefficient (Wildman–Crippen LogP) is 15.7. The van der Waals surface area contributed by atoms with E-state index < -0.39 is 5.97 Å². The molecule has 0 aromatic rings. The van der Waals surface area contributed by atoms with Crippen LogP contribution in [0.3, 0.4) is 0 Å². The standard InChI is InChI=1S/C48H84O4/c1-3-5-7-9-11-13-15-17-19-20-21-22-23-24-25-26-27-29-31-33-35-37-39-45-48(51)52-46(43-40-41-44-47(49)50)42-38-36-34-32-30-28-18-16-14-12-10-8-6-4-2/h6,8,12,14,18,28,32,34,38,42,46H,3-5,7,9-11,13,15-17,19-27,29-31,33,35-37,39-41,43-45H2,1-2H3,(H,49,50)/b8-6-,14-12-,28-18-,34-32-,42-38-. The Labute approximate surface area is 323 Å². The van der Waals surface area contributed by atoms with Crippen LogP contribution in [-0.4, -0.2) is 23.1 Å². The highest BCUT2D eigenvalue weighted by atomic mass is 16.5. The molecule has 0 aliphatic heterocycles. The highest BCUT2D eigenvalue weighted by Gasteiger charge is 2.12. The Kier molecular flexibility index (Phi) is 41.1. The summed E-state index contributed by atoms with van der Waals surface area (Å²) in [5.74, 6) is -0.906. The second-order valence-corrected chi connectivity index (χ2v) is 14.9. The second kappa shape index (κ2) is 43.0. The molecule has 0 heterocycles. The molecule has 0 fully saturated rings. The number of carbonyl (C=O) groups is 2. The third-order valence-electron chi connectivity index (χ3n) is 9.74. The van der Waals surface area contributed by atoms with Crippen LogP contribution in [0.4, 0.5) is 0 Å². The number of esters is 1. The van der Waals surface area contributed by atoms with E-state index in [0.717, 1.165) is 51.4 Å². The molecule has 0 amide bonds. The molecular formula is C48H84O4. The fraction of sp³-hybridized carbons (Fsp3) is 0.750. The molecule has 0 saturated heterocycles. The Morgan fingerprint density at radius 1 is 0.442 bits per heavy atom. The summed E-state index contributed by atoms with van der Waals surface area (Å²) in [5, 5.41) is 8.95. The summed E-state index contributed by atoms with van der Waals surface area (Å²) in [7, 11) is 0. The van der Waals surface area contributed by atoms with Crippen LogP contribution >= 0.6 is 0 Å². The SMILES string of the molecule is CC/C=C\C/C=C\C/C=C\C/C=C\C/C=C\C(CCCCC(=O)O)OC(=O)CCCCCCCCCCCCCCCCCCCCCCCCC. The summed E-state index contributed by atoms with van der Waals surface area (Å²) >= 11 is 0. The zero-order chi connectivity index (χ0) is 37.8. The van der Waals surface area contributed by atoms with Crippen LogP contribution in [0.15, 0.2) is 60.8 Å². The molecule has 0 rings (SSSR count). The van der Waals surface area contributed by atoms with Gasteiger partial charge in [-0.3, -0.25) is 9.59 Å². The van der Waals surface area contributed by atoms with Crippen molar-refractivity contribution < 1.29 is 19.4 Å². The maximum atomic E-state index is 12.6. The minimum atomic E-state index is -0.774. The van der Waals surface area contributed by atoms with Gasteiger partial charge in [-0.1, -0.05) is 210 Å². The number of ether oxygens (including phenoxy) is 1. The zero-order valence-electron chi connectivity index (χ0n) is 34.4. The highest BCUT2D eigenvalue weighted by Crippen LogP contribution is 2.16. The normalized spacial score (nSPS) is 12.8. The number of carboxylic acids is 1. The van der Waals surface area contributed by atoms with Gasteiger partial charge in [0.1, 0.15) is 6.10 Å². The molecular weight excluding hydrogens is 641 g/mol. The van der Waals surface area contributed by atoms with Gasteiger partial charge in [0.15, 0.2) is 0 Å². The van der Waals surface area contributed by atoms with E-state index in [-0.39, 0.29) is 18.5 Å². The lowest BCUT2D eigenvalue weighted by molar-refractivity contribution is -0.147. The number of allylic oxidation sites excluding steroid dienone is 9. The van der Waals surface area contributed by atoms with Crippen molar-refractivity contribution in [2.45, 2.75) is 232 Å². The highest BCUT2D eigenvalue weighted by molar-refractivity contribution is 5.69. The molecule has 0 aliphatic carbocycles. The number of hydrogen-bond donors (Lipinski definition) is 1. The molecule has 0 aliphatic rings. The Hall–Kier alpha value is -2.36. The molecule has 300 valence electrons. The molecule has 4 nitrogen and oxygen atoms in total. The van der Waals surface area contributed by atoms with Crippen molar-refractivity contribution >= 4 is 11.9 Å². The minimum absolute atomic E-state index is 0.132. The summed E-state index contributed by atoms with van der Waals surface area (Å²) in [6, 6.07) is 0. The Morgan fingerprint density at radius 3 is 1.17 bits per heavy atom. The summed E-state index contributed by atoms with van der Waals surface area (Å²) in [5.41, 5.74) is 0. The number of carboxylic acid groups (broad SMARTS) is 1. The van der Waals surface area contributed by atoms with Crippen LogP contribution in [0.25, 0.3) is 0 Å². The van der Waals surface area contributed by atoms with Crippen molar-refractivity contribution in [1.82, 2.24) is 0 Å². The van der Waals surface area contributed by atoms with E-state index in [1.807, 2.05) is 6.08 Å². The summed E-state index contributed by atoms with van der Waals surface area (Å²) < 4.78 is 5.80. The zero-order valence-corrected chi connectivity index (χ0v) is 34.4. The maximum absolute atomic E-state index is 12.6. The molecule has 0 spiro atoms. The van der Waals surface area contributed by atoms with Gasteiger partial charge < -0.3 is 9.84 Å². The lowest BCUT2D eigenvalue weighted by atomic mass is 10.0. The first-order valence-corrected chi connectivity index (χ1v) is 22.3. The first-order valence-electron chi connectivity index (χ1n) is 22.3. The topological polar surface area (TPSA) is 63.6 Å². The number of aliphatic carboxylic acids is 1. The van der Waals surface area contributed by atoms with Gasteiger partial charge in [0.25, 0.3) is 0 Å². The first-order chi connectivity index (χ1) is 25.6. The van der Waals surface area contributed by atoms with Crippen LogP contribution in [0.2, 0.25) is 0 Å². The Balaban J connectivity index is 3.87. The fourth-order valence-electron chi connectivity index (χ4n) is 6.48. The van der Waals surface area contributed by atoms with Crippen LogP contribution < -0.4 is 0 Å². The number of hydrogen-bond acceptors (Lipinski definition) is 3. The van der Waals surface area contributed by atoms with Gasteiger partial charge in [0.2, 0.25) is 0 Å². The van der Waals surface area contributed by atoms with Crippen molar-refractivity contribution in [2.24, 2.45) is 0 Å². The molecule has 1 unspecified atom stereocenters. The van der Waals surface area contributed by atoms with Gasteiger partial charge >= 0.3 is 11.9 Å². The third kappa shape index (κ3) is 42.1. The van der Waals surface area contributed by atoms with E-state index in [4.69, 9.17) is 9.84 Å². The van der Waals surface area contributed by atoms with Crippen LogP contribution in [0, 0.1) is 0 Å². The van der Waals surface area contributed by atoms with E-state index in [9.17, 15) is 9.59 Å². The summed E-state index contributed by atoms with van der Waals surface area (Å²) in [6.07, 6.45) is 59.9. The van der Waals surface area contributed by atoms with Gasteiger partial charge in [-0.05, 0) is 63.9 Å². The largest absolute Gasteiger partial charge is 0.481 e. The van der Waals surface area contributed by atoms with Crippen molar-refractivity contribution in [3.8, 4) is 0 Å².